The van der Waals surface area contributed by atoms with Crippen molar-refractivity contribution in [1.82, 2.24) is 44.5 Å². The van der Waals surface area contributed by atoms with E-state index in [1.165, 1.54) is 92.6 Å². The van der Waals surface area contributed by atoms with E-state index < -0.39 is 155 Å². The third-order valence-corrected chi connectivity index (χ3v) is 19.2. The molecule has 0 spiro atoms. The lowest BCUT2D eigenvalue weighted by Crippen LogP contribution is -2.64. The molecule has 23 heteroatoms. The van der Waals surface area contributed by atoms with E-state index in [1.807, 2.05) is 68.4 Å². The Balaban J connectivity index is 3.12. The Bertz CT molecular complexity index is 2620. The van der Waals surface area contributed by atoms with Gasteiger partial charge in [0.05, 0.1) is 25.3 Å². The highest BCUT2D eigenvalue weighted by atomic mass is 16.5. The minimum absolute atomic E-state index is 0.00370. The van der Waals surface area contributed by atoms with Crippen molar-refractivity contribution in [2.24, 2.45) is 59.2 Å². The van der Waals surface area contributed by atoms with Gasteiger partial charge in [-0.15, -0.1) is 0 Å². The molecule has 0 bridgehead atoms. The molecule has 0 saturated carbocycles. The maximum Gasteiger partial charge on any atom is 0.303 e. The van der Waals surface area contributed by atoms with Crippen molar-refractivity contribution in [2.75, 3.05) is 82.2 Å². The minimum atomic E-state index is -1.61. The smallest absolute Gasteiger partial charge is 0.303 e. The quantitative estimate of drug-likeness (QED) is 0.122. The van der Waals surface area contributed by atoms with Gasteiger partial charge < -0.3 is 49.1 Å². The number of morpholine rings is 1. The van der Waals surface area contributed by atoms with Gasteiger partial charge in [-0.2, -0.15) is 0 Å². The lowest BCUT2D eigenvalue weighted by atomic mass is 9.83. The van der Waals surface area contributed by atoms with E-state index in [2.05, 4.69) is 10.2 Å². The third-order valence-electron chi connectivity index (χ3n) is 19.2. The van der Waals surface area contributed by atoms with Crippen LogP contribution in [0.4, 0.5) is 0 Å². The molecule has 0 unspecified atom stereocenters. The van der Waals surface area contributed by atoms with E-state index in [1.54, 1.807) is 54.5 Å². The molecule has 0 radical (unpaired) electrons. The summed E-state index contributed by atoms with van der Waals surface area (Å²) in [5, 5.41) is 2.85. The molecule has 536 valence electrons. The zero-order valence-electron chi connectivity index (χ0n) is 62.1. The van der Waals surface area contributed by atoms with Crippen LogP contribution in [0.3, 0.4) is 0 Å². The van der Waals surface area contributed by atoms with Crippen LogP contribution < -0.4 is 5.32 Å². The number of carbonyl (C=O) groups is 12. The number of carbonyl (C=O) groups excluding carboxylic acids is 12. The molecule has 0 aromatic rings. The SMILES string of the molecule is C/C=C/C[C@@H](C)[C@@H](OC(C)=O)[C@H]1C(=O)N[C@@H](CC)C(=O)N(C)[C@H](C)C(=O)N(C)[C@@H]([C@@H](C)CN2CCOCC2)C(=O)C[C@@H](C(C)C)C(=O)N(C)[C@@H](CC(C)C)C(=O)C[C@@H](C)C(=O)C[C@H](C)C(=O)N(C)[C@@H](CC(C)C)C(=O)N(C)[C@@H](CC(C)C)C(=O)N(C)[C@@H](C(C)C)C(=O)N1C. The van der Waals surface area contributed by atoms with Crippen molar-refractivity contribution >= 4 is 70.6 Å². The number of hydrogen-bond donors (Lipinski definition) is 1. The molecule has 2 aliphatic rings. The van der Waals surface area contributed by atoms with Gasteiger partial charge in [-0.25, -0.2) is 0 Å². The van der Waals surface area contributed by atoms with Crippen molar-refractivity contribution in [2.45, 2.75) is 230 Å². The van der Waals surface area contributed by atoms with Crippen molar-refractivity contribution < 1.29 is 67.0 Å². The minimum Gasteiger partial charge on any atom is -0.459 e. The fourth-order valence-corrected chi connectivity index (χ4v) is 13.3. The monoisotopic (exact) mass is 1330 g/mol. The summed E-state index contributed by atoms with van der Waals surface area (Å²) in [7, 11) is 10.3. The molecule has 14 atom stereocenters. The van der Waals surface area contributed by atoms with Crippen molar-refractivity contribution in [3.8, 4) is 0 Å². The number of nitrogens with zero attached hydrogens (tertiary/aromatic N) is 8. The summed E-state index contributed by atoms with van der Waals surface area (Å²) in [6.07, 6.45) is 2.38. The van der Waals surface area contributed by atoms with Gasteiger partial charge in [-0.05, 0) is 87.4 Å². The Morgan fingerprint density at radius 1 is 0.532 bits per heavy atom. The Labute approximate surface area is 563 Å². The molecule has 8 amide bonds. The molecule has 2 rings (SSSR count). The van der Waals surface area contributed by atoms with Crippen LogP contribution in [0.25, 0.3) is 0 Å². The lowest BCUT2D eigenvalue weighted by Gasteiger charge is -2.42. The lowest BCUT2D eigenvalue weighted by molar-refractivity contribution is -0.164. The summed E-state index contributed by atoms with van der Waals surface area (Å²) in [5.41, 5.74) is 0. The second-order valence-electron chi connectivity index (χ2n) is 29.2. The van der Waals surface area contributed by atoms with Crippen molar-refractivity contribution in [3.05, 3.63) is 12.2 Å². The average molecular weight is 1330 g/mol. The first kappa shape index (κ1) is 84.0. The molecule has 2 aliphatic heterocycles. The predicted octanol–water partition coefficient (Wildman–Crippen LogP) is 6.42. The summed E-state index contributed by atoms with van der Waals surface area (Å²) >= 11 is 0. The first-order chi connectivity index (χ1) is 43.6. The first-order valence-electron chi connectivity index (χ1n) is 34.4. The van der Waals surface area contributed by atoms with Crippen molar-refractivity contribution in [1.29, 1.82) is 0 Å². The number of likely N-dealkylation sites (N-methyl/N-ethyl adjacent to an activating group) is 7. The highest BCUT2D eigenvalue weighted by Gasteiger charge is 2.48. The number of ketones is 3. The molecule has 2 heterocycles. The number of hydrogen-bond acceptors (Lipinski definition) is 15. The molecule has 23 nitrogen and oxygen atoms in total. The predicted molar refractivity (Wildman–Crippen MR) is 363 cm³/mol. The molecule has 94 heavy (non-hydrogen) atoms. The summed E-state index contributed by atoms with van der Waals surface area (Å²) in [6.45, 7) is 34.0. The zero-order chi connectivity index (χ0) is 72.2. The van der Waals surface area contributed by atoms with Crippen LogP contribution in [0, 0.1) is 59.2 Å². The van der Waals surface area contributed by atoms with E-state index in [4.69, 9.17) is 9.47 Å². The van der Waals surface area contributed by atoms with Gasteiger partial charge in [-0.1, -0.05) is 116 Å². The van der Waals surface area contributed by atoms with Gasteiger partial charge in [-0.3, -0.25) is 62.4 Å². The number of Topliss-reactive ketones (excluding diaryl/α,β-unsaturated/α-hetero) is 3. The highest BCUT2D eigenvalue weighted by molar-refractivity contribution is 6.00. The Hall–Kier alpha value is -6.10. The number of rotatable bonds is 17. The Kier molecular flexibility index (Phi) is 34.5. The third kappa shape index (κ3) is 23.0. The van der Waals surface area contributed by atoms with Crippen LogP contribution >= 0.6 is 0 Å². The fraction of sp³-hybridized carbons (Fsp3) is 0.803. The van der Waals surface area contributed by atoms with Crippen LogP contribution in [0.2, 0.25) is 0 Å². The Morgan fingerprint density at radius 2 is 1.00 bits per heavy atom. The van der Waals surface area contributed by atoms with Crippen LogP contribution in [0.5, 0.6) is 0 Å². The molecule has 0 aromatic heterocycles. The second kappa shape index (κ2) is 38.6. The number of nitrogens with one attached hydrogen (secondary N) is 1. The van der Waals surface area contributed by atoms with Crippen molar-refractivity contribution in [3.63, 3.8) is 0 Å². The maximum atomic E-state index is 15.5. The molecule has 1 N–H and O–H groups in total. The van der Waals surface area contributed by atoms with Gasteiger partial charge in [0.15, 0.2) is 11.6 Å². The Morgan fingerprint density at radius 3 is 1.48 bits per heavy atom. The normalized spacial score (nSPS) is 27.9. The number of esters is 1. The van der Waals surface area contributed by atoms with Gasteiger partial charge in [0, 0.05) is 113 Å². The van der Waals surface area contributed by atoms with Gasteiger partial charge in [0.1, 0.15) is 48.1 Å². The number of ether oxygens (including phenoxy) is 2. The van der Waals surface area contributed by atoms with Gasteiger partial charge in [0.25, 0.3) is 0 Å². The number of amides is 8. The molecular weight excluding hydrogens is 1200 g/mol. The van der Waals surface area contributed by atoms with E-state index >= 15 is 33.6 Å². The van der Waals surface area contributed by atoms with E-state index in [0.29, 0.717) is 39.3 Å². The molecule has 0 aromatic carbocycles. The first-order valence-corrected chi connectivity index (χ1v) is 34.4. The number of allylic oxidation sites excluding steroid dienone is 2. The second-order valence-corrected chi connectivity index (χ2v) is 29.2. The summed E-state index contributed by atoms with van der Waals surface area (Å²) in [4.78, 5) is 189. The van der Waals surface area contributed by atoms with Crippen LogP contribution in [0.15, 0.2) is 12.2 Å². The van der Waals surface area contributed by atoms with Crippen LogP contribution in [-0.4, -0.2) is 246 Å². The summed E-state index contributed by atoms with van der Waals surface area (Å²) in [5.74, 6) is -12.2. The molecule has 0 aliphatic carbocycles. The van der Waals surface area contributed by atoms with E-state index in [-0.39, 0.29) is 74.3 Å². The van der Waals surface area contributed by atoms with E-state index in [0.717, 1.165) is 4.90 Å². The molecule has 2 fully saturated rings. The average Bonchev–Trinajstić information content (AvgIpc) is 0.807. The zero-order valence-corrected chi connectivity index (χ0v) is 62.1. The van der Waals surface area contributed by atoms with E-state index in [9.17, 15) is 24.0 Å². The highest BCUT2D eigenvalue weighted by Crippen LogP contribution is 2.30. The topological polar surface area (TPSA) is 261 Å². The van der Waals surface area contributed by atoms with Gasteiger partial charge >= 0.3 is 5.97 Å². The van der Waals surface area contributed by atoms with Crippen LogP contribution in [-0.2, 0) is 67.0 Å². The fourth-order valence-electron chi connectivity index (χ4n) is 13.3. The van der Waals surface area contributed by atoms with Gasteiger partial charge in [0.2, 0.25) is 47.3 Å². The summed E-state index contributed by atoms with van der Waals surface area (Å²) in [6, 6.07) is -9.81. The largest absolute Gasteiger partial charge is 0.459 e. The molecule has 2 saturated heterocycles. The summed E-state index contributed by atoms with van der Waals surface area (Å²) < 4.78 is 11.6. The van der Waals surface area contributed by atoms with Crippen LogP contribution in [0.1, 0.15) is 176 Å². The molecular formula is C71H123N9O14. The maximum absolute atomic E-state index is 15.5. The standard InChI is InChI=1S/C71H123N9O14/c1-26-28-29-46(13)63(94-51(18)81)62-64(85)72-53(27-2)68(89)73(19)50(17)66(87)78(24)61(49(16)40-80-30-32-93-33-31-80)59(84)39-52(44(9)10)67(88)74(20)54(34-41(3)4)58(83)37-47(14)57(82)38-48(15)65(86)75(21)55(35-42(5)6)69(90)76(22)56(36-43(7)8)70(91)77(23)60(45(11)12)71(92)79(62)25/h26,28,41-50,52-56,60-63H,27,29-40H2,1-25H3,(H,72,85)/b28-26+/t46-,47-,48+,49+,50-,52+,53+,54+,55+,56+,60+,61+,62+,63-/m1/s1.